The van der Waals surface area contributed by atoms with E-state index in [9.17, 15) is 27.5 Å². The molecule has 7 rings (SSSR count). The number of sulfone groups is 1. The molecule has 54 heavy (non-hydrogen) atoms. The number of ether oxygens (including phenoxy) is 3. The van der Waals surface area contributed by atoms with Crippen LogP contribution in [-0.2, 0) is 20.2 Å². The van der Waals surface area contributed by atoms with E-state index in [2.05, 4.69) is 5.32 Å². The average Bonchev–Trinajstić information content (AvgIpc) is 3.47. The van der Waals surface area contributed by atoms with Crippen molar-refractivity contribution in [3.63, 3.8) is 0 Å². The number of alkyl halides is 1. The van der Waals surface area contributed by atoms with Crippen LogP contribution in [0.4, 0.5) is 20.6 Å². The lowest BCUT2D eigenvalue weighted by Gasteiger charge is -2.37. The molecule has 1 amide bonds. The van der Waals surface area contributed by atoms with E-state index in [1.807, 2.05) is 48.3 Å². The summed E-state index contributed by atoms with van der Waals surface area (Å²) in [5.74, 6) is -0.527. The zero-order valence-electron chi connectivity index (χ0n) is 28.1. The number of nitrogens with one attached hydrogen (secondary N) is 1. The lowest BCUT2D eigenvalue weighted by Crippen LogP contribution is -2.42. The molecule has 278 valence electrons. The number of carbonyl (C=O) groups excluding carboxylic acids is 2. The van der Waals surface area contributed by atoms with Crippen molar-refractivity contribution in [2.24, 2.45) is 0 Å². The molecule has 2 aliphatic rings. The summed E-state index contributed by atoms with van der Waals surface area (Å²) >= 11 is 26.3. The van der Waals surface area contributed by atoms with Crippen molar-refractivity contribution in [2.45, 2.75) is 22.6 Å². The number of hydrogen-bond acceptors (Lipinski definition) is 9. The van der Waals surface area contributed by atoms with Gasteiger partial charge in [-0.3, -0.25) is 0 Å². The van der Waals surface area contributed by atoms with Gasteiger partial charge < -0.3 is 29.5 Å². The second-order valence-corrected chi connectivity index (χ2v) is 16.0. The predicted octanol–water partition coefficient (Wildman–Crippen LogP) is 9.20. The minimum Gasteiger partial charge on any atom is -0.456 e. The van der Waals surface area contributed by atoms with Gasteiger partial charge in [0, 0.05) is 53.5 Å². The first kappa shape index (κ1) is 37.7. The maximum absolute atomic E-state index is 14.1. The van der Waals surface area contributed by atoms with Gasteiger partial charge in [0.1, 0.15) is 30.0 Å². The molecule has 0 fully saturated rings. The highest BCUT2D eigenvalue weighted by Crippen LogP contribution is 2.61. The van der Waals surface area contributed by atoms with Crippen LogP contribution in [0.25, 0.3) is 0 Å². The third-order valence-corrected chi connectivity index (χ3v) is 12.1. The molecular weight excluding hydrogens is 805 g/mol. The largest absolute Gasteiger partial charge is 0.456 e. The van der Waals surface area contributed by atoms with Crippen LogP contribution >= 0.6 is 46.4 Å². The van der Waals surface area contributed by atoms with Crippen molar-refractivity contribution >= 4 is 79.7 Å². The molecule has 0 saturated carbocycles. The summed E-state index contributed by atoms with van der Waals surface area (Å²) in [7, 11) is -1.64. The smallest absolute Gasteiger partial charge is 0.413 e. The molecule has 0 bridgehead atoms. The molecule has 0 radical (unpaired) electrons. The Balaban J connectivity index is 1.26. The Morgan fingerprint density at radius 1 is 0.889 bits per heavy atom. The Bertz CT molecular complexity index is 2450. The maximum atomic E-state index is 14.1. The number of aliphatic hydroxyl groups is 1. The average molecular weight is 833 g/mol. The zero-order valence-corrected chi connectivity index (χ0v) is 31.9. The van der Waals surface area contributed by atoms with Gasteiger partial charge in [-0.25, -0.2) is 22.4 Å². The van der Waals surface area contributed by atoms with Gasteiger partial charge in [-0.15, -0.1) is 0 Å². The number of aliphatic hydroxyl groups excluding tert-OH is 1. The molecule has 0 aromatic heterocycles. The number of benzene rings is 5. The molecule has 5 aromatic carbocycles. The first-order chi connectivity index (χ1) is 25.6. The number of halogens is 5. The normalized spacial score (nSPS) is 16.7. The fourth-order valence-corrected chi connectivity index (χ4v) is 8.20. The number of carbonyl (C=O) groups is 2. The summed E-state index contributed by atoms with van der Waals surface area (Å²) in [5, 5.41) is 12.7. The van der Waals surface area contributed by atoms with Gasteiger partial charge in [-0.1, -0.05) is 76.7 Å². The van der Waals surface area contributed by atoms with E-state index in [0.29, 0.717) is 11.3 Å². The molecule has 2 heterocycles. The summed E-state index contributed by atoms with van der Waals surface area (Å²) in [6.07, 6.45) is -1.63. The van der Waals surface area contributed by atoms with Gasteiger partial charge in [0.25, 0.3) is 0 Å². The van der Waals surface area contributed by atoms with Gasteiger partial charge in [-0.05, 0) is 54.1 Å². The number of amides is 1. The lowest BCUT2D eigenvalue weighted by atomic mass is 9.77. The van der Waals surface area contributed by atoms with Gasteiger partial charge in [-0.2, -0.15) is 0 Å². The summed E-state index contributed by atoms with van der Waals surface area (Å²) in [4.78, 5) is 28.6. The van der Waals surface area contributed by atoms with E-state index in [4.69, 9.17) is 60.6 Å². The number of fused-ring (bicyclic) bond motifs is 6. The van der Waals surface area contributed by atoms with Crippen LogP contribution < -0.4 is 19.7 Å². The van der Waals surface area contributed by atoms with Crippen molar-refractivity contribution in [2.75, 3.05) is 24.9 Å². The molecule has 1 spiro atoms. The Morgan fingerprint density at radius 2 is 1.52 bits per heavy atom. The molecule has 5 aromatic rings. The Hall–Kier alpha value is -4.56. The minimum absolute atomic E-state index is 0.00853. The molecule has 2 aliphatic heterocycles. The number of nitrogens with zero attached hydrogens (tertiary/aromatic N) is 1. The van der Waals surface area contributed by atoms with Crippen LogP contribution in [0.1, 0.15) is 38.7 Å². The SMILES string of the molecule is CN(c1ccccc1)c1ccc2c(c1)Oc1cc(OC(=O)NC(CF)[C@@H](O)c3ccc(S(C)(=O)=O)cc3)ccc1C21OC(=O)c2c(Cl)c(Cl)c(Cl)c(Cl)c21. The van der Waals surface area contributed by atoms with Gasteiger partial charge in [0.15, 0.2) is 15.4 Å². The first-order valence-electron chi connectivity index (χ1n) is 16.0. The number of rotatable bonds is 8. The quantitative estimate of drug-likeness (QED) is 0.0893. The monoisotopic (exact) mass is 830 g/mol. The molecule has 10 nitrogen and oxygen atoms in total. The van der Waals surface area contributed by atoms with Crippen molar-refractivity contribution in [3.05, 3.63) is 139 Å². The summed E-state index contributed by atoms with van der Waals surface area (Å²) in [6.45, 7) is -1.18. The maximum Gasteiger partial charge on any atom is 0.413 e. The van der Waals surface area contributed by atoms with E-state index in [1.54, 1.807) is 12.1 Å². The van der Waals surface area contributed by atoms with Crippen LogP contribution in [-0.4, -0.2) is 51.6 Å². The van der Waals surface area contributed by atoms with Gasteiger partial charge >= 0.3 is 12.1 Å². The molecular formula is C38H27Cl4FN2O8S. The Labute approximate surface area is 328 Å². The van der Waals surface area contributed by atoms with Gasteiger partial charge in [0.05, 0.1) is 36.6 Å². The molecule has 3 atom stereocenters. The summed E-state index contributed by atoms with van der Waals surface area (Å²) in [5.41, 5.74) is 0.729. The number of para-hydroxylation sites is 1. The highest BCUT2D eigenvalue weighted by molar-refractivity contribution is 7.90. The van der Waals surface area contributed by atoms with E-state index >= 15 is 0 Å². The van der Waals surface area contributed by atoms with Crippen molar-refractivity contribution < 1.29 is 41.7 Å². The van der Waals surface area contributed by atoms with E-state index in [-0.39, 0.29) is 64.5 Å². The Kier molecular flexibility index (Phi) is 9.97. The zero-order chi connectivity index (χ0) is 38.7. The second kappa shape index (κ2) is 14.3. The van der Waals surface area contributed by atoms with Gasteiger partial charge in [0.2, 0.25) is 0 Å². The first-order valence-corrected chi connectivity index (χ1v) is 19.4. The predicted molar refractivity (Wildman–Crippen MR) is 203 cm³/mol. The minimum atomic E-state index is -3.50. The molecule has 0 aliphatic carbocycles. The molecule has 16 heteroatoms. The van der Waals surface area contributed by atoms with E-state index in [0.717, 1.165) is 11.9 Å². The highest BCUT2D eigenvalue weighted by atomic mass is 35.5. The third-order valence-electron chi connectivity index (χ3n) is 9.21. The lowest BCUT2D eigenvalue weighted by molar-refractivity contribution is 0.0224. The topological polar surface area (TPSA) is 131 Å². The van der Waals surface area contributed by atoms with Crippen LogP contribution in [0.2, 0.25) is 20.1 Å². The molecule has 2 N–H and O–H groups in total. The number of hydrogen-bond donors (Lipinski definition) is 2. The van der Waals surface area contributed by atoms with Crippen LogP contribution in [0.3, 0.4) is 0 Å². The second-order valence-electron chi connectivity index (χ2n) is 12.5. The van der Waals surface area contributed by atoms with Crippen LogP contribution in [0.15, 0.2) is 95.9 Å². The number of esters is 1. The fraction of sp³-hybridized carbons (Fsp3) is 0.158. The summed E-state index contributed by atoms with van der Waals surface area (Å²) < 4.78 is 55.9. The van der Waals surface area contributed by atoms with Crippen LogP contribution in [0.5, 0.6) is 17.2 Å². The molecule has 2 unspecified atom stereocenters. The van der Waals surface area contributed by atoms with E-state index in [1.165, 1.54) is 42.5 Å². The summed E-state index contributed by atoms with van der Waals surface area (Å²) in [6, 6.07) is 22.8. The number of anilines is 2. The highest BCUT2D eigenvalue weighted by Gasteiger charge is 2.56. The van der Waals surface area contributed by atoms with E-state index < -0.39 is 46.3 Å². The van der Waals surface area contributed by atoms with Crippen molar-refractivity contribution in [1.29, 1.82) is 0 Å². The third kappa shape index (κ3) is 6.40. The molecule has 0 saturated heterocycles. The standard InChI is InChI=1S/C38H27Cl4FN2O8S/c1-45(20-6-4-3-5-7-20)21-10-14-24-27(16-21)52-28-17-22(51-37(48)44-26(18-43)35(46)19-8-12-23(13-9-19)54(2,49)50)11-15-25(28)38(24)30-29(36(47)53-38)31(39)33(41)34(42)32(30)40/h3-17,26,35,46H,18H2,1-2H3,(H,44,48)/t26?,35-,38?/m0/s1. The van der Waals surface area contributed by atoms with Crippen LogP contribution in [0, 0.1) is 0 Å². The Morgan fingerprint density at radius 3 is 2.17 bits per heavy atom. The van der Waals surface area contributed by atoms with Crippen molar-refractivity contribution in [3.8, 4) is 17.2 Å². The van der Waals surface area contributed by atoms with Crippen molar-refractivity contribution in [1.82, 2.24) is 5.32 Å². The fourth-order valence-electron chi connectivity index (χ4n) is 6.51.